The van der Waals surface area contributed by atoms with E-state index in [0.717, 1.165) is 17.0 Å². The van der Waals surface area contributed by atoms with Crippen molar-refractivity contribution < 1.29 is 0 Å². The van der Waals surface area contributed by atoms with Crippen LogP contribution in [-0.2, 0) is 0 Å². The van der Waals surface area contributed by atoms with Gasteiger partial charge in [0.15, 0.2) is 6.33 Å². The molecule has 0 fully saturated rings. The third-order valence-corrected chi connectivity index (χ3v) is 2.58. The molecule has 0 atom stereocenters. The quantitative estimate of drug-likeness (QED) is 0.721. The first-order valence-corrected chi connectivity index (χ1v) is 5.37. The second-order valence-corrected chi connectivity index (χ2v) is 3.69. The number of nitrogens with zero attached hydrogens (tertiary/aromatic N) is 2. The molecule has 0 aliphatic rings. The monoisotopic (exact) mass is 220 g/mol. The number of pyridine rings is 1. The van der Waals surface area contributed by atoms with Gasteiger partial charge in [-0.25, -0.2) is 4.98 Å². The molecule has 0 aliphatic heterocycles. The van der Waals surface area contributed by atoms with Crippen molar-refractivity contribution in [3.63, 3.8) is 0 Å². The SMILES string of the molecule is [c]1nc(-c2cc(-c3ccccc3)ccn2)c[nH]1. The van der Waals surface area contributed by atoms with E-state index >= 15 is 0 Å². The second-order valence-electron chi connectivity index (χ2n) is 3.69. The van der Waals surface area contributed by atoms with E-state index in [0.29, 0.717) is 0 Å². The van der Waals surface area contributed by atoms with Gasteiger partial charge in [-0.2, -0.15) is 0 Å². The Morgan fingerprint density at radius 1 is 0.941 bits per heavy atom. The number of hydrogen-bond donors (Lipinski definition) is 1. The highest BCUT2D eigenvalue weighted by atomic mass is 14.9. The minimum Gasteiger partial charge on any atom is -0.341 e. The summed E-state index contributed by atoms with van der Waals surface area (Å²) < 4.78 is 0. The summed E-state index contributed by atoms with van der Waals surface area (Å²) in [5, 5.41) is 0. The van der Waals surface area contributed by atoms with Crippen LogP contribution in [0, 0.1) is 6.33 Å². The molecule has 0 bridgehead atoms. The highest BCUT2D eigenvalue weighted by Crippen LogP contribution is 2.22. The lowest BCUT2D eigenvalue weighted by molar-refractivity contribution is 1.26. The molecule has 3 heteroatoms. The summed E-state index contributed by atoms with van der Waals surface area (Å²) in [5.41, 5.74) is 3.97. The third kappa shape index (κ3) is 1.95. The average molecular weight is 220 g/mol. The lowest BCUT2D eigenvalue weighted by Crippen LogP contribution is -1.85. The lowest BCUT2D eigenvalue weighted by atomic mass is 10.1. The smallest absolute Gasteiger partial charge is 0.174 e. The maximum Gasteiger partial charge on any atom is 0.174 e. The Bertz CT molecular complexity index is 600. The maximum absolute atomic E-state index is 4.30. The van der Waals surface area contributed by atoms with Crippen LogP contribution in [0.5, 0.6) is 0 Å². The first-order chi connectivity index (χ1) is 8.43. The zero-order valence-electron chi connectivity index (χ0n) is 9.09. The molecule has 0 saturated carbocycles. The topological polar surface area (TPSA) is 41.6 Å². The number of hydrogen-bond acceptors (Lipinski definition) is 2. The normalized spacial score (nSPS) is 10.4. The van der Waals surface area contributed by atoms with E-state index in [1.165, 1.54) is 5.56 Å². The van der Waals surface area contributed by atoms with Crippen LogP contribution in [0.1, 0.15) is 0 Å². The highest BCUT2D eigenvalue weighted by molar-refractivity contribution is 5.68. The average Bonchev–Trinajstić information content (AvgIpc) is 2.94. The number of benzene rings is 1. The molecular weight excluding hydrogens is 210 g/mol. The van der Waals surface area contributed by atoms with Gasteiger partial charge < -0.3 is 4.98 Å². The molecule has 2 heterocycles. The molecule has 1 radical (unpaired) electrons. The summed E-state index contributed by atoms with van der Waals surface area (Å²) in [6, 6.07) is 14.2. The summed E-state index contributed by atoms with van der Waals surface area (Å²) in [5.74, 6) is 0. The molecule has 3 aromatic rings. The molecule has 3 nitrogen and oxygen atoms in total. The van der Waals surface area contributed by atoms with Gasteiger partial charge in [-0.3, -0.25) is 4.98 Å². The van der Waals surface area contributed by atoms with Gasteiger partial charge in [-0.15, -0.1) is 0 Å². The van der Waals surface area contributed by atoms with Crippen LogP contribution in [0.15, 0.2) is 54.9 Å². The zero-order chi connectivity index (χ0) is 11.5. The first-order valence-electron chi connectivity index (χ1n) is 5.37. The van der Waals surface area contributed by atoms with Crippen molar-refractivity contribution >= 4 is 0 Å². The zero-order valence-corrected chi connectivity index (χ0v) is 9.09. The van der Waals surface area contributed by atoms with E-state index in [2.05, 4.69) is 33.4 Å². The summed E-state index contributed by atoms with van der Waals surface area (Å²) in [4.78, 5) is 11.2. The fourth-order valence-corrected chi connectivity index (χ4v) is 1.74. The molecule has 1 N–H and O–H groups in total. The molecule has 0 amide bonds. The Hall–Kier alpha value is -2.42. The van der Waals surface area contributed by atoms with Crippen LogP contribution in [-0.4, -0.2) is 15.0 Å². The fraction of sp³-hybridized carbons (Fsp3) is 0. The number of nitrogens with one attached hydrogen (secondary N) is 1. The van der Waals surface area contributed by atoms with Crippen LogP contribution in [0.2, 0.25) is 0 Å². The lowest BCUT2D eigenvalue weighted by Gasteiger charge is -2.02. The van der Waals surface area contributed by atoms with E-state index in [1.54, 1.807) is 12.4 Å². The Morgan fingerprint density at radius 2 is 1.82 bits per heavy atom. The van der Waals surface area contributed by atoms with Crippen LogP contribution < -0.4 is 0 Å². The molecule has 81 valence electrons. The van der Waals surface area contributed by atoms with Crippen molar-refractivity contribution in [2.75, 3.05) is 0 Å². The molecule has 0 saturated heterocycles. The minimum absolute atomic E-state index is 0.808. The van der Waals surface area contributed by atoms with Crippen LogP contribution in [0.3, 0.4) is 0 Å². The van der Waals surface area contributed by atoms with Gasteiger partial charge >= 0.3 is 0 Å². The third-order valence-electron chi connectivity index (χ3n) is 2.58. The predicted molar refractivity (Wildman–Crippen MR) is 66.1 cm³/mol. The number of aromatic amines is 1. The van der Waals surface area contributed by atoms with E-state index in [9.17, 15) is 0 Å². The van der Waals surface area contributed by atoms with Crippen molar-refractivity contribution in [2.45, 2.75) is 0 Å². The van der Waals surface area contributed by atoms with Crippen LogP contribution in [0.4, 0.5) is 0 Å². The Morgan fingerprint density at radius 3 is 2.59 bits per heavy atom. The van der Waals surface area contributed by atoms with Gasteiger partial charge in [0.2, 0.25) is 0 Å². The molecular formula is C14H10N3. The number of rotatable bonds is 2. The largest absolute Gasteiger partial charge is 0.341 e. The number of imidazole rings is 1. The van der Waals surface area contributed by atoms with Gasteiger partial charge in [0.1, 0.15) is 5.69 Å². The van der Waals surface area contributed by atoms with Crippen molar-refractivity contribution in [1.82, 2.24) is 15.0 Å². The molecule has 3 rings (SSSR count). The van der Waals surface area contributed by atoms with Crippen molar-refractivity contribution in [3.8, 4) is 22.5 Å². The minimum atomic E-state index is 0.808. The van der Waals surface area contributed by atoms with Crippen LogP contribution >= 0.6 is 0 Å². The summed E-state index contributed by atoms with van der Waals surface area (Å²) >= 11 is 0. The molecule has 0 unspecified atom stereocenters. The van der Waals surface area contributed by atoms with E-state index < -0.39 is 0 Å². The molecule has 0 aliphatic carbocycles. The number of aromatic nitrogens is 3. The summed E-state index contributed by atoms with van der Waals surface area (Å²) in [7, 11) is 0. The Balaban J connectivity index is 2.06. The fourth-order valence-electron chi connectivity index (χ4n) is 1.74. The molecule has 2 aromatic heterocycles. The van der Waals surface area contributed by atoms with E-state index in [1.807, 2.05) is 30.3 Å². The van der Waals surface area contributed by atoms with Gasteiger partial charge in [0.05, 0.1) is 5.69 Å². The Kier molecular flexibility index (Phi) is 2.43. The van der Waals surface area contributed by atoms with Crippen molar-refractivity contribution in [2.24, 2.45) is 0 Å². The van der Waals surface area contributed by atoms with Crippen molar-refractivity contribution in [1.29, 1.82) is 0 Å². The van der Waals surface area contributed by atoms with Gasteiger partial charge in [-0.1, -0.05) is 30.3 Å². The standard InChI is InChI=1S/C14H10N3/c1-2-4-11(5-3-1)12-6-7-16-13(8-12)14-9-15-10-17-14/h1-9H,(H,15,17). The second kappa shape index (κ2) is 4.22. The predicted octanol–water partition coefficient (Wildman–Crippen LogP) is 2.94. The number of H-pyrrole nitrogens is 1. The van der Waals surface area contributed by atoms with Gasteiger partial charge in [0.25, 0.3) is 0 Å². The van der Waals surface area contributed by atoms with Crippen molar-refractivity contribution in [3.05, 3.63) is 61.2 Å². The van der Waals surface area contributed by atoms with Crippen LogP contribution in [0.25, 0.3) is 22.5 Å². The maximum atomic E-state index is 4.30. The first kappa shape index (κ1) is 9.78. The summed E-state index contributed by atoms with van der Waals surface area (Å²) in [6.45, 7) is 0. The molecule has 0 spiro atoms. The Labute approximate surface area is 99.2 Å². The van der Waals surface area contributed by atoms with E-state index in [-0.39, 0.29) is 0 Å². The summed E-state index contributed by atoms with van der Waals surface area (Å²) in [6.07, 6.45) is 6.26. The highest BCUT2D eigenvalue weighted by Gasteiger charge is 2.03. The van der Waals surface area contributed by atoms with Gasteiger partial charge in [0, 0.05) is 12.4 Å². The van der Waals surface area contributed by atoms with Gasteiger partial charge in [-0.05, 0) is 23.3 Å². The van der Waals surface area contributed by atoms with E-state index in [4.69, 9.17) is 0 Å². The molecule has 1 aromatic carbocycles. The molecule has 17 heavy (non-hydrogen) atoms.